The highest BCUT2D eigenvalue weighted by atomic mass is 16.6. The Labute approximate surface area is 219 Å². The number of carbonyl (C=O) groups is 3. The Morgan fingerprint density at radius 2 is 1.78 bits per heavy atom. The van der Waals surface area contributed by atoms with E-state index >= 15 is 0 Å². The maximum absolute atomic E-state index is 12.0. The number of amides is 1. The van der Waals surface area contributed by atoms with Crippen LogP contribution in [0.5, 0.6) is 0 Å². The third-order valence-electron chi connectivity index (χ3n) is 11.2. The molecule has 0 aromatic carbocycles. The number of carboxylic acids is 1. The Kier molecular flexibility index (Phi) is 8.15. The van der Waals surface area contributed by atoms with Gasteiger partial charge in [-0.3, -0.25) is 9.59 Å². The zero-order valence-corrected chi connectivity index (χ0v) is 22.7. The van der Waals surface area contributed by atoms with Crippen molar-refractivity contribution in [1.29, 1.82) is 0 Å². The molecule has 0 aromatic heterocycles. The summed E-state index contributed by atoms with van der Waals surface area (Å²) in [4.78, 5) is 34.5. The molecule has 4 saturated carbocycles. The number of nitrogens with one attached hydrogen (secondary N) is 1. The molecule has 9 nitrogen and oxygen atoms in total. The highest BCUT2D eigenvalue weighted by Crippen LogP contribution is 2.68. The molecule has 0 radical (unpaired) electrons. The lowest BCUT2D eigenvalue weighted by Crippen LogP contribution is -2.62. The minimum atomic E-state index is -1.12. The monoisotopic (exact) mass is 523 g/mol. The van der Waals surface area contributed by atoms with Gasteiger partial charge < -0.3 is 30.1 Å². The van der Waals surface area contributed by atoms with Crippen LogP contribution in [0, 0.1) is 46.3 Å². The van der Waals surface area contributed by atoms with Gasteiger partial charge in [0.05, 0.1) is 19.3 Å². The van der Waals surface area contributed by atoms with Gasteiger partial charge >= 0.3 is 18.0 Å². The van der Waals surface area contributed by atoms with Gasteiger partial charge in [0.2, 0.25) is 0 Å². The number of carbonyl (C=O) groups excluding carboxylic acids is 2. The number of aliphatic hydroxyl groups excluding tert-OH is 2. The second-order valence-electron chi connectivity index (χ2n) is 12.7. The summed E-state index contributed by atoms with van der Waals surface area (Å²) in [5.41, 5.74) is -0.346. The van der Waals surface area contributed by atoms with Gasteiger partial charge in [0.15, 0.2) is 0 Å². The van der Waals surface area contributed by atoms with Crippen LogP contribution in [-0.2, 0) is 19.1 Å². The summed E-state index contributed by atoms with van der Waals surface area (Å²) in [5, 5.41) is 34.2. The predicted octanol–water partition coefficient (Wildman–Crippen LogP) is 3.36. The van der Waals surface area contributed by atoms with E-state index in [1.165, 1.54) is 7.11 Å². The Morgan fingerprint density at radius 3 is 2.46 bits per heavy atom. The average Bonchev–Trinajstić information content (AvgIpc) is 3.21. The number of ether oxygens (including phenoxy) is 2. The van der Waals surface area contributed by atoms with Crippen molar-refractivity contribution in [3.63, 3.8) is 0 Å². The van der Waals surface area contributed by atoms with Crippen LogP contribution in [0.25, 0.3) is 0 Å². The van der Waals surface area contributed by atoms with Crippen molar-refractivity contribution in [2.75, 3.05) is 13.7 Å². The van der Waals surface area contributed by atoms with Gasteiger partial charge in [-0.25, -0.2) is 4.79 Å². The number of alkyl carbamates (subject to hydrolysis) is 1. The van der Waals surface area contributed by atoms with E-state index < -0.39 is 30.8 Å². The molecule has 4 N–H and O–H groups in total. The number of hydrogen-bond acceptors (Lipinski definition) is 7. The van der Waals surface area contributed by atoms with E-state index in [0.717, 1.165) is 25.7 Å². The standard InChI is InChI=1S/C28H45NO8/c1-15(5-8-24(34)36-4)18-6-7-19-25-20(13-22(31)28(18,19)3)27(2)10-9-17(11-16(27)12-21(25)30)37-26(35)29-14-23(32)33/h15-22,25,30-31H,5-14H2,1-4H3,(H,29,35)(H,32,33)/t15-,16+,17-,18-,19+,20+,21-,22+,25+,27+,28-/m1/s1. The van der Waals surface area contributed by atoms with Crippen molar-refractivity contribution >= 4 is 18.0 Å². The van der Waals surface area contributed by atoms with E-state index in [2.05, 4.69) is 26.1 Å². The second kappa shape index (κ2) is 10.7. The quantitative estimate of drug-likeness (QED) is 0.372. The normalized spacial score (nSPS) is 43.5. The first-order valence-electron chi connectivity index (χ1n) is 14.0. The molecule has 0 saturated heterocycles. The highest BCUT2D eigenvalue weighted by Gasteiger charge is 2.65. The van der Waals surface area contributed by atoms with Gasteiger partial charge in [-0.05, 0) is 97.7 Å². The number of rotatable bonds is 7. The fourth-order valence-electron chi connectivity index (χ4n) is 9.21. The molecule has 0 bridgehead atoms. The van der Waals surface area contributed by atoms with Gasteiger partial charge in [0, 0.05) is 6.42 Å². The number of esters is 1. The van der Waals surface area contributed by atoms with Crippen molar-refractivity contribution in [1.82, 2.24) is 5.32 Å². The smallest absolute Gasteiger partial charge is 0.407 e. The number of hydrogen-bond donors (Lipinski definition) is 4. The molecule has 4 rings (SSSR count). The second-order valence-corrected chi connectivity index (χ2v) is 12.7. The summed E-state index contributed by atoms with van der Waals surface area (Å²) in [7, 11) is 1.41. The van der Waals surface area contributed by atoms with E-state index in [-0.39, 0.29) is 52.5 Å². The van der Waals surface area contributed by atoms with Gasteiger partial charge in [-0.1, -0.05) is 20.8 Å². The number of methoxy groups -OCH3 is 1. The van der Waals surface area contributed by atoms with E-state index in [4.69, 9.17) is 14.6 Å². The molecule has 4 fully saturated rings. The third-order valence-corrected chi connectivity index (χ3v) is 11.2. The lowest BCUT2D eigenvalue weighted by Gasteiger charge is -2.63. The van der Waals surface area contributed by atoms with Crippen LogP contribution in [-0.4, -0.2) is 65.3 Å². The van der Waals surface area contributed by atoms with E-state index in [0.29, 0.717) is 38.0 Å². The predicted molar refractivity (Wildman–Crippen MR) is 134 cm³/mol. The Morgan fingerprint density at radius 1 is 1.05 bits per heavy atom. The van der Waals surface area contributed by atoms with Crippen molar-refractivity contribution in [3.05, 3.63) is 0 Å². The molecule has 4 aliphatic carbocycles. The first-order valence-corrected chi connectivity index (χ1v) is 14.0. The summed E-state index contributed by atoms with van der Waals surface area (Å²) < 4.78 is 10.4. The van der Waals surface area contributed by atoms with E-state index in [1.807, 2.05) is 0 Å². The van der Waals surface area contributed by atoms with Gasteiger partial charge in [0.1, 0.15) is 12.6 Å². The summed E-state index contributed by atoms with van der Waals surface area (Å²) >= 11 is 0. The highest BCUT2D eigenvalue weighted by molar-refractivity contribution is 5.76. The van der Waals surface area contributed by atoms with Crippen LogP contribution in [0.2, 0.25) is 0 Å². The zero-order valence-electron chi connectivity index (χ0n) is 22.7. The molecule has 0 heterocycles. The van der Waals surface area contributed by atoms with Gasteiger partial charge in [-0.2, -0.15) is 0 Å². The lowest BCUT2D eigenvalue weighted by atomic mass is 9.43. The molecule has 1 amide bonds. The summed E-state index contributed by atoms with van der Waals surface area (Å²) in [6.45, 7) is 6.22. The first-order chi connectivity index (χ1) is 17.4. The Hall–Kier alpha value is -1.87. The first kappa shape index (κ1) is 28.1. The summed E-state index contributed by atoms with van der Waals surface area (Å²) in [6, 6.07) is 0. The van der Waals surface area contributed by atoms with Crippen molar-refractivity contribution in [2.45, 2.75) is 96.9 Å². The molecule has 0 unspecified atom stereocenters. The van der Waals surface area contributed by atoms with Crippen LogP contribution in [0.4, 0.5) is 4.79 Å². The lowest BCUT2D eigenvalue weighted by molar-refractivity contribution is -0.207. The molecular formula is C28H45NO8. The SMILES string of the molecule is COC(=O)CC[C@@H](C)[C@H]1CC[C@H]2[C@@H]3[C@H](O)C[C@@H]4C[C@H](OC(=O)NCC(=O)O)CC[C@]4(C)[C@H]3C[C@H](O)[C@]12C. The number of aliphatic carboxylic acids is 1. The average molecular weight is 524 g/mol. The van der Waals surface area contributed by atoms with E-state index in [1.54, 1.807) is 0 Å². The van der Waals surface area contributed by atoms with Crippen LogP contribution >= 0.6 is 0 Å². The fourth-order valence-corrected chi connectivity index (χ4v) is 9.21. The third kappa shape index (κ3) is 5.10. The van der Waals surface area contributed by atoms with E-state index in [9.17, 15) is 24.6 Å². The van der Waals surface area contributed by atoms with Gasteiger partial charge in [0.25, 0.3) is 0 Å². The number of aliphatic hydroxyl groups is 2. The van der Waals surface area contributed by atoms with Crippen molar-refractivity contribution < 1.29 is 39.2 Å². The van der Waals surface area contributed by atoms with Crippen LogP contribution in [0.1, 0.15) is 78.6 Å². The maximum atomic E-state index is 12.0. The largest absolute Gasteiger partial charge is 0.480 e. The molecular weight excluding hydrogens is 478 g/mol. The van der Waals surface area contributed by atoms with Crippen LogP contribution in [0.15, 0.2) is 0 Å². The number of carboxylic acid groups (broad SMARTS) is 1. The summed E-state index contributed by atoms with van der Waals surface area (Å²) in [6.07, 6.45) is 4.64. The molecule has 0 spiro atoms. The topological polar surface area (TPSA) is 142 Å². The molecule has 11 atom stereocenters. The maximum Gasteiger partial charge on any atom is 0.407 e. The minimum Gasteiger partial charge on any atom is -0.480 e. The fraction of sp³-hybridized carbons (Fsp3) is 0.893. The molecule has 210 valence electrons. The van der Waals surface area contributed by atoms with Gasteiger partial charge in [-0.15, -0.1) is 0 Å². The number of fused-ring (bicyclic) bond motifs is 5. The minimum absolute atomic E-state index is 0.0573. The zero-order chi connectivity index (χ0) is 27.1. The Balaban J connectivity index is 1.47. The molecule has 0 aliphatic heterocycles. The molecule has 4 aliphatic rings. The molecule has 37 heavy (non-hydrogen) atoms. The molecule has 0 aromatic rings. The van der Waals surface area contributed by atoms with Crippen molar-refractivity contribution in [3.8, 4) is 0 Å². The summed E-state index contributed by atoms with van der Waals surface area (Å²) in [5.74, 6) is -0.0173. The Bertz CT molecular complexity index is 880. The van der Waals surface area contributed by atoms with Crippen molar-refractivity contribution in [2.24, 2.45) is 46.3 Å². The van der Waals surface area contributed by atoms with Crippen LogP contribution < -0.4 is 5.32 Å². The molecule has 9 heteroatoms. The van der Waals surface area contributed by atoms with Crippen LogP contribution in [0.3, 0.4) is 0 Å².